The average molecular weight is 1690 g/mol. The smallest absolute Gasteiger partial charge is 0.364 e. The van der Waals surface area contributed by atoms with Crippen molar-refractivity contribution < 1.29 is 256 Å². The molecule has 96 heavy (non-hydrogen) atoms. The van der Waals surface area contributed by atoms with Gasteiger partial charge >= 0.3 is 135 Å². The van der Waals surface area contributed by atoms with Crippen LogP contribution in [-0.4, -0.2) is 318 Å². The van der Waals surface area contributed by atoms with Crippen LogP contribution in [0.4, 0.5) is 0 Å². The molecular weight excluding hydrogens is 1650 g/mol. The Morgan fingerprint density at radius 1 is 0.198 bits per heavy atom. The molecule has 0 aromatic rings. The van der Waals surface area contributed by atoms with Crippen LogP contribution in [0, 0.1) is 0 Å². The van der Waals surface area contributed by atoms with Gasteiger partial charge in [0.1, 0.15) is 79.4 Å². The molecule has 0 saturated carbocycles. The summed E-state index contributed by atoms with van der Waals surface area (Å²) in [5.41, 5.74) is 0. The first kappa shape index (κ1) is 86.4. The molecule has 72 heteroatoms. The molecule has 4 saturated heterocycles. The highest BCUT2D eigenvalue weighted by molar-refractivity contribution is 7.83. The lowest BCUT2D eigenvalue weighted by atomic mass is 9.98. The van der Waals surface area contributed by atoms with Crippen molar-refractivity contribution >= 4 is 135 Å². The SMILES string of the molecule is O=S(=O)(O)OC[C@H]1O[C@@H](OC[C@H]2O[C@H](CO[C@@H]3O[C@H](COS(=O)(=O)O)[C@@H](OS(=O)(=O)O)[C@H](OS(=O)(=O)O)[C@H]3OS(=O)(=O)O)[C@@H](OS(=O)(=O)O)[C@@H]2O[C@@H]2O[C@H](COS(=O)(=O)O)[C@@H](OS(=O)(=O)O)[C@H](OS(=O)(=O)O)[C@H]2OS(=O)(=O)O)[C@H](OS(=O)(=O)O)[C@@H](OS(=O)(=O)O)[C@@H]1OS(=O)(=O)O. The Kier molecular flexibility index (Phi) is 28.4. The fraction of sp³-hybridized carbons (Fsp3) is 1.00. The Morgan fingerprint density at radius 2 is 0.375 bits per heavy atom. The van der Waals surface area contributed by atoms with Crippen LogP contribution in [0.2, 0.25) is 0 Å². The van der Waals surface area contributed by atoms with E-state index in [1.54, 1.807) is 0 Å². The summed E-state index contributed by atoms with van der Waals surface area (Å²) in [6.07, 6.45) is -63.3. The molecule has 19 atom stereocenters. The zero-order valence-corrected chi connectivity index (χ0v) is 55.0. The van der Waals surface area contributed by atoms with E-state index in [2.05, 4.69) is 54.4 Å². The molecule has 4 aliphatic rings. The van der Waals surface area contributed by atoms with Crippen LogP contribution in [-0.2, 0) is 223 Å². The Labute approximate surface area is 537 Å². The molecule has 4 heterocycles. The van der Waals surface area contributed by atoms with E-state index >= 15 is 0 Å². The van der Waals surface area contributed by atoms with Crippen molar-refractivity contribution in [1.82, 2.24) is 0 Å². The van der Waals surface area contributed by atoms with Gasteiger partial charge in [-0.3, -0.25) is 59.2 Å². The van der Waals surface area contributed by atoms with E-state index in [0.29, 0.717) is 0 Å². The van der Waals surface area contributed by atoms with E-state index in [1.165, 1.54) is 0 Å². The summed E-state index contributed by atoms with van der Waals surface area (Å²) in [7, 11) is -81.5. The van der Waals surface area contributed by atoms with E-state index in [-0.39, 0.29) is 0 Å². The molecule has 59 nitrogen and oxygen atoms in total. The fourth-order valence-electron chi connectivity index (χ4n) is 8.15. The number of rotatable bonds is 37. The molecule has 0 radical (unpaired) electrons. The molecule has 0 aromatic heterocycles. The van der Waals surface area contributed by atoms with Crippen molar-refractivity contribution in [2.24, 2.45) is 0 Å². The highest BCUT2D eigenvalue weighted by atomic mass is 32.3. The van der Waals surface area contributed by atoms with E-state index in [9.17, 15) is 169 Å². The minimum atomic E-state index is -6.51. The Hall–Kier alpha value is -1.97. The largest absolute Gasteiger partial charge is 0.397 e. The van der Waals surface area contributed by atoms with Crippen LogP contribution in [0.5, 0.6) is 0 Å². The summed E-state index contributed by atoms with van der Waals surface area (Å²) in [5.74, 6) is 0. The highest BCUT2D eigenvalue weighted by Gasteiger charge is 2.61. The van der Waals surface area contributed by atoms with Crippen LogP contribution in [0.25, 0.3) is 0 Å². The van der Waals surface area contributed by atoms with Crippen LogP contribution in [0.15, 0.2) is 0 Å². The summed E-state index contributed by atoms with van der Waals surface area (Å²) in [5, 5.41) is 0. The first-order chi connectivity index (χ1) is 42.6. The molecule has 0 spiro atoms. The molecule has 4 aliphatic heterocycles. The van der Waals surface area contributed by atoms with Crippen LogP contribution >= 0.6 is 0 Å². The first-order valence-electron chi connectivity index (χ1n) is 22.5. The van der Waals surface area contributed by atoms with Gasteiger partial charge in [0.25, 0.3) is 0 Å². The van der Waals surface area contributed by atoms with Gasteiger partial charge in [0.15, 0.2) is 37.2 Å². The standard InChI is InChI=1S/C24H42O59S13/c25-84(26,27)66-3-8-13(75-88(37,38)39)16(78-91(46,47)48)19(81-94(55,56)57)22(70-8)64-1-6-11(73-24-21(83-96(61,62)63)18(80-93(52,53)54)15(77-90(43,44)45)10(72-24)5-68-86(31,32)33)12(74-87(34,35)36)7(69-6)2-65-23-20(82-95(58,59)60)17(79-92(49,50)51)14(76-89(40,41)42)9(71-23)4-67-85(28,29)30/h6-24H,1-5H2,(H,25,26,27)(H,28,29,30)(H,31,32,33)(H,34,35,36)(H,37,38,39)(H,40,41,42)(H,43,44,45)(H,46,47,48)(H,49,50,51)(H,52,53,54)(H,55,56,57)(H,58,59,60)(H,61,62,63)/t6-,7-,8-,9-,10-,11-,12-,13-,14-,15-,16+,17+,18+,19-,20-,21-,22-,23-,24+/m1/s1. The molecule has 13 N–H and O–H groups in total. The van der Waals surface area contributed by atoms with Crippen LogP contribution < -0.4 is 0 Å². The minimum absolute atomic E-state index is 2.04. The van der Waals surface area contributed by atoms with E-state index in [0.717, 1.165) is 0 Å². The number of ether oxygens (including phenoxy) is 7. The maximum Gasteiger partial charge on any atom is 0.397 e. The molecule has 0 aliphatic carbocycles. The van der Waals surface area contributed by atoms with E-state index < -0.39 is 285 Å². The monoisotopic (exact) mass is 1690 g/mol. The lowest BCUT2D eigenvalue weighted by Crippen LogP contribution is -2.64. The Balaban J connectivity index is 2.13. The predicted octanol–water partition coefficient (Wildman–Crippen LogP) is -11.3. The molecule has 0 amide bonds. The maximum absolute atomic E-state index is 12.7. The van der Waals surface area contributed by atoms with Crippen LogP contribution in [0.1, 0.15) is 0 Å². The van der Waals surface area contributed by atoms with Crippen molar-refractivity contribution in [3.8, 4) is 0 Å². The molecule has 570 valence electrons. The topological polar surface area (TPSA) is 891 Å². The van der Waals surface area contributed by atoms with Gasteiger partial charge in [0, 0.05) is 0 Å². The second-order valence-corrected chi connectivity index (χ2v) is 31.4. The molecule has 0 bridgehead atoms. The van der Waals surface area contributed by atoms with Gasteiger partial charge in [-0.25, -0.2) is 54.4 Å². The molecular formula is C24H42O59S13. The van der Waals surface area contributed by atoms with Crippen LogP contribution in [0.3, 0.4) is 0 Å². The zero-order chi connectivity index (χ0) is 74.1. The molecule has 4 fully saturated rings. The van der Waals surface area contributed by atoms with Crippen molar-refractivity contribution in [3.63, 3.8) is 0 Å². The van der Waals surface area contributed by atoms with Crippen molar-refractivity contribution in [2.75, 3.05) is 33.0 Å². The molecule has 0 unspecified atom stereocenters. The lowest BCUT2D eigenvalue weighted by molar-refractivity contribution is -0.312. The fourth-order valence-corrected chi connectivity index (χ4v) is 14.1. The second-order valence-electron chi connectivity index (χ2n) is 17.6. The summed E-state index contributed by atoms with van der Waals surface area (Å²) >= 11 is 0. The Bertz CT molecular complexity index is 4280. The third kappa shape index (κ3) is 31.3. The zero-order valence-electron chi connectivity index (χ0n) is 44.4. The minimum Gasteiger partial charge on any atom is -0.364 e. The third-order valence-electron chi connectivity index (χ3n) is 10.8. The molecule has 4 rings (SSSR count). The van der Waals surface area contributed by atoms with Gasteiger partial charge in [0.2, 0.25) is 0 Å². The van der Waals surface area contributed by atoms with Gasteiger partial charge < -0.3 is 33.2 Å². The van der Waals surface area contributed by atoms with Crippen molar-refractivity contribution in [1.29, 1.82) is 0 Å². The predicted molar refractivity (Wildman–Crippen MR) is 268 cm³/mol. The maximum atomic E-state index is 12.7. The number of hydrogen-bond donors (Lipinski definition) is 13. The van der Waals surface area contributed by atoms with Gasteiger partial charge in [-0.1, -0.05) is 0 Å². The van der Waals surface area contributed by atoms with Crippen molar-refractivity contribution in [3.05, 3.63) is 0 Å². The molecule has 0 aromatic carbocycles. The summed E-state index contributed by atoms with van der Waals surface area (Å²) in [4.78, 5) is 0. The summed E-state index contributed by atoms with van der Waals surface area (Å²) in [6, 6.07) is 0. The average Bonchev–Trinajstić information content (AvgIpc) is 1.00. The van der Waals surface area contributed by atoms with Crippen molar-refractivity contribution in [2.45, 2.75) is 117 Å². The quantitative estimate of drug-likeness (QED) is 0.0257. The summed E-state index contributed by atoms with van der Waals surface area (Å²) < 4.78 is 530. The van der Waals surface area contributed by atoms with Gasteiger partial charge in [0.05, 0.1) is 33.0 Å². The number of hydrogen-bond acceptors (Lipinski definition) is 46. The van der Waals surface area contributed by atoms with Gasteiger partial charge in [-0.2, -0.15) is 109 Å². The van der Waals surface area contributed by atoms with E-state index in [1.807, 2.05) is 0 Å². The van der Waals surface area contributed by atoms with Gasteiger partial charge in [-0.05, 0) is 0 Å². The normalized spacial score (nSPS) is 32.4. The van der Waals surface area contributed by atoms with E-state index in [4.69, 9.17) is 33.2 Å². The highest BCUT2D eigenvalue weighted by Crippen LogP contribution is 2.40. The Morgan fingerprint density at radius 3 is 0.604 bits per heavy atom. The second kappa shape index (κ2) is 31.6. The lowest BCUT2D eigenvalue weighted by Gasteiger charge is -2.44. The first-order valence-corrected chi connectivity index (χ1v) is 40.3. The summed E-state index contributed by atoms with van der Waals surface area (Å²) in [6.45, 7) is -10.5. The van der Waals surface area contributed by atoms with Gasteiger partial charge in [-0.15, -0.1) is 0 Å². The third-order valence-corrected chi connectivity index (χ3v) is 16.7.